The highest BCUT2D eigenvalue weighted by molar-refractivity contribution is 14.1. The first-order valence-corrected chi connectivity index (χ1v) is 4.55. The first-order chi connectivity index (χ1) is 5.77. The predicted octanol–water partition coefficient (Wildman–Crippen LogP) is 2.37. The largest absolute Gasteiger partial charge is 0.496 e. The minimum Gasteiger partial charge on any atom is -0.496 e. The Morgan fingerprint density at radius 1 is 1.58 bits per heavy atom. The van der Waals surface area contributed by atoms with Crippen molar-refractivity contribution in [2.24, 2.45) is 0 Å². The molecule has 0 radical (unpaired) electrons. The van der Waals surface area contributed by atoms with Crippen molar-refractivity contribution in [2.45, 2.75) is 6.42 Å². The molecule has 0 unspecified atom stereocenters. The van der Waals surface area contributed by atoms with Gasteiger partial charge in [-0.05, 0) is 34.7 Å². The summed E-state index contributed by atoms with van der Waals surface area (Å²) < 4.78 is 6.24. The molecule has 0 aliphatic carbocycles. The van der Waals surface area contributed by atoms with E-state index in [-0.39, 0.29) is 0 Å². The summed E-state index contributed by atoms with van der Waals surface area (Å²) in [5.41, 5.74) is 0.945. The molecule has 0 aromatic heterocycles. The molecule has 0 bridgehead atoms. The average molecular weight is 273 g/mol. The van der Waals surface area contributed by atoms with Gasteiger partial charge in [-0.3, -0.25) is 0 Å². The fourth-order valence-corrected chi connectivity index (χ4v) is 1.41. The molecule has 0 N–H and O–H groups in total. The van der Waals surface area contributed by atoms with E-state index in [4.69, 9.17) is 10.00 Å². The van der Waals surface area contributed by atoms with Gasteiger partial charge in [0, 0.05) is 9.13 Å². The molecule has 1 aromatic rings. The van der Waals surface area contributed by atoms with Crippen molar-refractivity contribution in [3.05, 3.63) is 27.3 Å². The maximum absolute atomic E-state index is 8.50. The molecule has 2 nitrogen and oxygen atoms in total. The Labute approximate surface area is 85.3 Å². The second kappa shape index (κ2) is 4.31. The quantitative estimate of drug-likeness (QED) is 0.775. The summed E-state index contributed by atoms with van der Waals surface area (Å²) in [5.74, 6) is 0.795. The van der Waals surface area contributed by atoms with Crippen molar-refractivity contribution < 1.29 is 4.74 Å². The average Bonchev–Trinajstić information content (AvgIpc) is 2.08. The molecule has 0 amide bonds. The Hall–Kier alpha value is -0.760. The second-order valence-electron chi connectivity index (χ2n) is 2.29. The molecule has 12 heavy (non-hydrogen) atoms. The molecular formula is C9H8INO. The van der Waals surface area contributed by atoms with Crippen LogP contribution in [0.2, 0.25) is 0 Å². The molecule has 0 aliphatic rings. The van der Waals surface area contributed by atoms with Crippen LogP contribution in [0.15, 0.2) is 18.2 Å². The molecule has 1 aromatic carbocycles. The number of halogens is 1. The lowest BCUT2D eigenvalue weighted by atomic mass is 10.1. The Morgan fingerprint density at radius 3 is 2.92 bits per heavy atom. The Bertz CT molecular complexity index is 317. The summed E-state index contributed by atoms with van der Waals surface area (Å²) in [6.07, 6.45) is 0.403. The Kier molecular flexibility index (Phi) is 3.35. The number of benzene rings is 1. The zero-order valence-corrected chi connectivity index (χ0v) is 8.83. The van der Waals surface area contributed by atoms with E-state index in [0.717, 1.165) is 14.9 Å². The van der Waals surface area contributed by atoms with Gasteiger partial charge in [0.2, 0.25) is 0 Å². The summed E-state index contributed by atoms with van der Waals surface area (Å²) >= 11 is 2.21. The molecule has 1 rings (SSSR count). The van der Waals surface area contributed by atoms with Crippen LogP contribution in [0.5, 0.6) is 5.75 Å². The molecule has 0 fully saturated rings. The van der Waals surface area contributed by atoms with Gasteiger partial charge in [-0.2, -0.15) is 5.26 Å². The third kappa shape index (κ3) is 2.11. The minimum atomic E-state index is 0.403. The van der Waals surface area contributed by atoms with Gasteiger partial charge in [0.1, 0.15) is 5.75 Å². The van der Waals surface area contributed by atoms with E-state index in [2.05, 4.69) is 28.7 Å². The van der Waals surface area contributed by atoms with Crippen LogP contribution in [0.25, 0.3) is 0 Å². The van der Waals surface area contributed by atoms with Crippen LogP contribution in [0.4, 0.5) is 0 Å². The molecule has 0 heterocycles. The molecule has 0 saturated carbocycles. The van der Waals surface area contributed by atoms with E-state index in [1.165, 1.54) is 0 Å². The molecule has 0 spiro atoms. The summed E-state index contributed by atoms with van der Waals surface area (Å²) in [4.78, 5) is 0. The summed E-state index contributed by atoms with van der Waals surface area (Å²) in [6.45, 7) is 0. The Morgan fingerprint density at radius 2 is 2.33 bits per heavy atom. The maximum atomic E-state index is 8.50. The molecule has 0 aliphatic heterocycles. The molecule has 62 valence electrons. The highest BCUT2D eigenvalue weighted by Gasteiger charge is 2.01. The molecular weight excluding hydrogens is 265 g/mol. The van der Waals surface area contributed by atoms with Crippen molar-refractivity contribution in [2.75, 3.05) is 7.11 Å². The maximum Gasteiger partial charge on any atom is 0.124 e. The monoisotopic (exact) mass is 273 g/mol. The van der Waals surface area contributed by atoms with E-state index in [9.17, 15) is 0 Å². The van der Waals surface area contributed by atoms with Gasteiger partial charge >= 0.3 is 0 Å². The lowest BCUT2D eigenvalue weighted by Crippen LogP contribution is -1.91. The smallest absolute Gasteiger partial charge is 0.124 e. The van der Waals surface area contributed by atoms with Crippen molar-refractivity contribution in [1.82, 2.24) is 0 Å². The first-order valence-electron chi connectivity index (χ1n) is 3.47. The normalized spacial score (nSPS) is 9.08. The number of hydrogen-bond donors (Lipinski definition) is 0. The van der Waals surface area contributed by atoms with Crippen LogP contribution in [0.1, 0.15) is 5.56 Å². The van der Waals surface area contributed by atoms with Crippen LogP contribution in [-0.2, 0) is 6.42 Å². The van der Waals surface area contributed by atoms with E-state index in [0.29, 0.717) is 6.42 Å². The van der Waals surface area contributed by atoms with Gasteiger partial charge in [0.25, 0.3) is 0 Å². The number of methoxy groups -OCH3 is 1. The van der Waals surface area contributed by atoms with E-state index in [1.54, 1.807) is 7.11 Å². The molecule has 0 saturated heterocycles. The van der Waals surface area contributed by atoms with E-state index >= 15 is 0 Å². The molecule has 0 atom stereocenters. The highest BCUT2D eigenvalue weighted by atomic mass is 127. The van der Waals surface area contributed by atoms with Gasteiger partial charge in [-0.15, -0.1) is 0 Å². The zero-order valence-electron chi connectivity index (χ0n) is 6.67. The summed E-state index contributed by atoms with van der Waals surface area (Å²) in [5, 5.41) is 8.50. The topological polar surface area (TPSA) is 33.0 Å². The van der Waals surface area contributed by atoms with Gasteiger partial charge in [0.05, 0.1) is 19.6 Å². The standard InChI is InChI=1S/C9H8INO/c1-12-9-6-8(10)3-2-7(9)4-5-11/h2-3,6H,4H2,1H3. The van der Waals surface area contributed by atoms with Crippen molar-refractivity contribution >= 4 is 22.6 Å². The summed E-state index contributed by atoms with van der Waals surface area (Å²) in [7, 11) is 1.62. The second-order valence-corrected chi connectivity index (χ2v) is 3.54. The third-order valence-corrected chi connectivity index (χ3v) is 2.19. The van der Waals surface area contributed by atoms with Crippen LogP contribution < -0.4 is 4.74 Å². The van der Waals surface area contributed by atoms with Crippen molar-refractivity contribution in [3.63, 3.8) is 0 Å². The SMILES string of the molecule is COc1cc(I)ccc1CC#N. The van der Waals surface area contributed by atoms with Crippen LogP contribution >= 0.6 is 22.6 Å². The van der Waals surface area contributed by atoms with Crippen LogP contribution in [0.3, 0.4) is 0 Å². The fourth-order valence-electron chi connectivity index (χ4n) is 0.950. The minimum absolute atomic E-state index is 0.403. The van der Waals surface area contributed by atoms with Crippen LogP contribution in [0, 0.1) is 14.9 Å². The number of nitriles is 1. The van der Waals surface area contributed by atoms with Crippen molar-refractivity contribution in [1.29, 1.82) is 5.26 Å². The lowest BCUT2D eigenvalue weighted by Gasteiger charge is -2.04. The van der Waals surface area contributed by atoms with Crippen molar-refractivity contribution in [3.8, 4) is 11.8 Å². The fraction of sp³-hybridized carbons (Fsp3) is 0.222. The highest BCUT2D eigenvalue weighted by Crippen LogP contribution is 2.21. The van der Waals surface area contributed by atoms with Gasteiger partial charge in [-0.25, -0.2) is 0 Å². The predicted molar refractivity (Wildman–Crippen MR) is 55.0 cm³/mol. The number of rotatable bonds is 2. The Balaban J connectivity index is 3.04. The van der Waals surface area contributed by atoms with Gasteiger partial charge in [-0.1, -0.05) is 6.07 Å². The van der Waals surface area contributed by atoms with E-state index in [1.807, 2.05) is 18.2 Å². The zero-order chi connectivity index (χ0) is 8.97. The first kappa shape index (κ1) is 9.33. The number of hydrogen-bond acceptors (Lipinski definition) is 2. The van der Waals surface area contributed by atoms with Gasteiger partial charge in [0.15, 0.2) is 0 Å². The van der Waals surface area contributed by atoms with Crippen LogP contribution in [-0.4, -0.2) is 7.11 Å². The molecule has 3 heteroatoms. The van der Waals surface area contributed by atoms with Gasteiger partial charge < -0.3 is 4.74 Å². The third-order valence-electron chi connectivity index (χ3n) is 1.52. The number of ether oxygens (including phenoxy) is 1. The lowest BCUT2D eigenvalue weighted by molar-refractivity contribution is 0.410. The number of nitrogens with zero attached hydrogens (tertiary/aromatic N) is 1. The summed E-state index contributed by atoms with van der Waals surface area (Å²) in [6, 6.07) is 7.91. The van der Waals surface area contributed by atoms with E-state index < -0.39 is 0 Å².